The molecule has 2 aliphatic rings. The normalized spacial score (nSPS) is 19.2. The smallest absolute Gasteiger partial charge is 0.273 e. The van der Waals surface area contributed by atoms with Gasteiger partial charge in [-0.1, -0.05) is 6.07 Å². The highest BCUT2D eigenvalue weighted by molar-refractivity contribution is 7.20. The molecule has 122 valence electrons. The van der Waals surface area contributed by atoms with E-state index in [1.54, 1.807) is 22.7 Å². The first-order valence-corrected chi connectivity index (χ1v) is 10.1. The second kappa shape index (κ2) is 6.71. The average molecular weight is 348 g/mol. The molecule has 0 spiro atoms. The minimum Gasteiger partial charge on any atom is -0.337 e. The van der Waals surface area contributed by atoms with Crippen LogP contribution in [0.25, 0.3) is 9.88 Å². The van der Waals surface area contributed by atoms with Crippen LogP contribution in [0.2, 0.25) is 0 Å². The Hall–Kier alpha value is -1.24. The molecule has 1 aliphatic carbocycles. The molecule has 1 N–H and O–H groups in total. The molecule has 4 nitrogen and oxygen atoms in total. The van der Waals surface area contributed by atoms with Crippen LogP contribution in [-0.2, 0) is 0 Å². The summed E-state index contributed by atoms with van der Waals surface area (Å²) in [7, 11) is 0. The molecule has 1 amide bonds. The summed E-state index contributed by atoms with van der Waals surface area (Å²) in [6.45, 7) is 2.84. The van der Waals surface area contributed by atoms with Crippen LogP contribution in [-0.4, -0.2) is 41.5 Å². The number of nitrogens with zero attached hydrogens (tertiary/aromatic N) is 2. The summed E-state index contributed by atoms with van der Waals surface area (Å²) in [5, 5.41) is 8.54. The lowest BCUT2D eigenvalue weighted by Gasteiger charge is -2.32. The lowest BCUT2D eigenvalue weighted by molar-refractivity contribution is 0.0700. The van der Waals surface area contributed by atoms with Crippen LogP contribution in [0.15, 0.2) is 22.9 Å². The van der Waals surface area contributed by atoms with E-state index in [4.69, 9.17) is 0 Å². The highest BCUT2D eigenvalue weighted by atomic mass is 32.1. The van der Waals surface area contributed by atoms with Crippen molar-refractivity contribution in [2.45, 2.75) is 31.7 Å². The highest BCUT2D eigenvalue weighted by Crippen LogP contribution is 2.29. The van der Waals surface area contributed by atoms with Crippen LogP contribution in [0, 0.1) is 5.92 Å². The molecule has 1 saturated heterocycles. The molecule has 4 rings (SSSR count). The number of amides is 1. The molecule has 0 unspecified atom stereocenters. The molecule has 0 bridgehead atoms. The Bertz CT molecular complexity index is 655. The topological polar surface area (TPSA) is 45.2 Å². The second-order valence-electron chi connectivity index (χ2n) is 6.43. The van der Waals surface area contributed by atoms with E-state index in [9.17, 15) is 4.79 Å². The number of thiazole rings is 1. The van der Waals surface area contributed by atoms with Crippen LogP contribution >= 0.6 is 22.7 Å². The van der Waals surface area contributed by atoms with Crippen LogP contribution in [0.4, 0.5) is 0 Å². The van der Waals surface area contributed by atoms with Crippen molar-refractivity contribution in [2.24, 2.45) is 5.92 Å². The number of hydrogen-bond donors (Lipinski definition) is 1. The molecule has 1 aliphatic heterocycles. The number of hydrogen-bond acceptors (Lipinski definition) is 5. The number of likely N-dealkylation sites (tertiary alicyclic amines) is 1. The van der Waals surface area contributed by atoms with Gasteiger partial charge in [-0.2, -0.15) is 0 Å². The third-order valence-corrected chi connectivity index (χ3v) is 6.51. The lowest BCUT2D eigenvalue weighted by Crippen LogP contribution is -2.45. The molecule has 0 radical (unpaired) electrons. The third kappa shape index (κ3) is 3.65. The van der Waals surface area contributed by atoms with Crippen molar-refractivity contribution in [1.29, 1.82) is 0 Å². The van der Waals surface area contributed by atoms with Crippen molar-refractivity contribution in [3.63, 3.8) is 0 Å². The van der Waals surface area contributed by atoms with Crippen molar-refractivity contribution >= 4 is 28.6 Å². The first kappa shape index (κ1) is 15.3. The van der Waals surface area contributed by atoms with E-state index in [0.29, 0.717) is 11.7 Å². The number of aromatic nitrogens is 1. The quantitative estimate of drug-likeness (QED) is 0.901. The molecule has 2 aromatic heterocycles. The number of thiophene rings is 1. The van der Waals surface area contributed by atoms with Gasteiger partial charge in [-0.05, 0) is 49.6 Å². The van der Waals surface area contributed by atoms with E-state index in [0.717, 1.165) is 48.3 Å². The molecule has 0 atom stereocenters. The Balaban J connectivity index is 1.32. The van der Waals surface area contributed by atoms with Gasteiger partial charge in [-0.3, -0.25) is 4.79 Å². The minimum atomic E-state index is 0.0877. The predicted octanol–water partition coefficient (Wildman–Crippen LogP) is 3.48. The largest absolute Gasteiger partial charge is 0.337 e. The van der Waals surface area contributed by atoms with Gasteiger partial charge >= 0.3 is 0 Å². The first-order chi connectivity index (χ1) is 11.3. The summed E-state index contributed by atoms with van der Waals surface area (Å²) >= 11 is 3.22. The van der Waals surface area contributed by atoms with Gasteiger partial charge in [-0.25, -0.2) is 4.98 Å². The van der Waals surface area contributed by atoms with Gasteiger partial charge in [0.2, 0.25) is 0 Å². The minimum absolute atomic E-state index is 0.0877. The third-order valence-electron chi connectivity index (χ3n) is 4.63. The summed E-state index contributed by atoms with van der Waals surface area (Å²) < 4.78 is 0. The average Bonchev–Trinajstić information content (AvgIpc) is 3.04. The maximum absolute atomic E-state index is 12.6. The van der Waals surface area contributed by atoms with E-state index >= 15 is 0 Å². The highest BCUT2D eigenvalue weighted by Gasteiger charge is 2.27. The summed E-state index contributed by atoms with van der Waals surface area (Å²) in [5.74, 6) is 1.00. The Labute approximate surface area is 144 Å². The van der Waals surface area contributed by atoms with Crippen LogP contribution in [0.5, 0.6) is 0 Å². The SMILES string of the molecule is O=C(c1csc(-c2cccs2)n1)N1CCC(NCC2CC2)CC1. The summed E-state index contributed by atoms with van der Waals surface area (Å²) in [5.41, 5.74) is 0.600. The Morgan fingerprint density at radius 2 is 2.09 bits per heavy atom. The summed E-state index contributed by atoms with van der Waals surface area (Å²) in [6, 6.07) is 4.65. The molecule has 23 heavy (non-hydrogen) atoms. The fourth-order valence-electron chi connectivity index (χ4n) is 2.99. The number of carbonyl (C=O) groups is 1. The Morgan fingerprint density at radius 3 is 2.78 bits per heavy atom. The van der Waals surface area contributed by atoms with Crippen LogP contribution in [0.1, 0.15) is 36.2 Å². The molecule has 2 aromatic rings. The van der Waals surface area contributed by atoms with E-state index in [2.05, 4.69) is 16.4 Å². The van der Waals surface area contributed by atoms with Crippen molar-refractivity contribution in [3.8, 4) is 9.88 Å². The standard InChI is InChI=1S/C17H21N3OS2/c21-17(14-11-23-16(19-14)15-2-1-9-22-15)20-7-5-13(6-8-20)18-10-12-3-4-12/h1-2,9,11-13,18H,3-8,10H2. The molecule has 3 heterocycles. The van der Waals surface area contributed by atoms with E-state index in [-0.39, 0.29) is 5.91 Å². The number of rotatable bonds is 5. The number of piperidine rings is 1. The molecular weight excluding hydrogens is 326 g/mol. The maximum Gasteiger partial charge on any atom is 0.273 e. The van der Waals surface area contributed by atoms with Crippen LogP contribution in [0.3, 0.4) is 0 Å². The van der Waals surface area contributed by atoms with Gasteiger partial charge in [0.05, 0.1) is 4.88 Å². The van der Waals surface area contributed by atoms with Crippen molar-refractivity contribution < 1.29 is 4.79 Å². The molecule has 6 heteroatoms. The van der Waals surface area contributed by atoms with Gasteiger partial charge in [0, 0.05) is 24.5 Å². The Morgan fingerprint density at radius 1 is 1.26 bits per heavy atom. The molecular formula is C17H21N3OS2. The molecule has 0 aromatic carbocycles. The fraction of sp³-hybridized carbons (Fsp3) is 0.529. The second-order valence-corrected chi connectivity index (χ2v) is 8.24. The number of nitrogens with one attached hydrogen (secondary N) is 1. The monoisotopic (exact) mass is 347 g/mol. The number of carbonyl (C=O) groups excluding carboxylic acids is 1. The Kier molecular flexibility index (Phi) is 4.46. The van der Waals surface area contributed by atoms with Gasteiger partial charge in [0.15, 0.2) is 0 Å². The van der Waals surface area contributed by atoms with Crippen molar-refractivity contribution in [2.75, 3.05) is 19.6 Å². The molecule has 2 fully saturated rings. The van der Waals surface area contributed by atoms with E-state index in [1.165, 1.54) is 12.8 Å². The van der Waals surface area contributed by atoms with Crippen molar-refractivity contribution in [1.82, 2.24) is 15.2 Å². The van der Waals surface area contributed by atoms with E-state index < -0.39 is 0 Å². The van der Waals surface area contributed by atoms with Gasteiger partial charge < -0.3 is 10.2 Å². The first-order valence-electron chi connectivity index (χ1n) is 8.31. The fourth-order valence-corrected chi connectivity index (χ4v) is 4.60. The predicted molar refractivity (Wildman–Crippen MR) is 95.1 cm³/mol. The lowest BCUT2D eigenvalue weighted by atomic mass is 10.0. The van der Waals surface area contributed by atoms with Crippen LogP contribution < -0.4 is 5.32 Å². The summed E-state index contributed by atoms with van der Waals surface area (Å²) in [4.78, 5) is 20.3. The van der Waals surface area contributed by atoms with Gasteiger partial charge in [-0.15, -0.1) is 22.7 Å². The van der Waals surface area contributed by atoms with E-state index in [1.807, 2.05) is 21.7 Å². The zero-order chi connectivity index (χ0) is 15.6. The molecule has 1 saturated carbocycles. The van der Waals surface area contributed by atoms with Gasteiger partial charge in [0.1, 0.15) is 10.7 Å². The zero-order valence-electron chi connectivity index (χ0n) is 13.0. The van der Waals surface area contributed by atoms with Crippen molar-refractivity contribution in [3.05, 3.63) is 28.6 Å². The zero-order valence-corrected chi connectivity index (χ0v) is 14.7. The maximum atomic E-state index is 12.6. The van der Waals surface area contributed by atoms with Gasteiger partial charge in [0.25, 0.3) is 5.91 Å². The summed E-state index contributed by atoms with van der Waals surface area (Å²) in [6.07, 6.45) is 4.89.